The maximum Gasteiger partial charge on any atom is 0.455 e. The third-order valence-corrected chi connectivity index (χ3v) is 8.21. The van der Waals surface area contributed by atoms with Gasteiger partial charge >= 0.3 is 13.1 Å². The molecule has 2 saturated heterocycles. The van der Waals surface area contributed by atoms with E-state index in [9.17, 15) is 24.5 Å². The van der Waals surface area contributed by atoms with E-state index in [4.69, 9.17) is 9.76 Å². The molecule has 4 rings (SSSR count). The maximum absolute atomic E-state index is 13.5. The van der Waals surface area contributed by atoms with Crippen LogP contribution < -0.4 is 0 Å². The third kappa shape index (κ3) is 6.21. The second-order valence-electron chi connectivity index (χ2n) is 10.8. The highest BCUT2D eigenvalue weighted by Gasteiger charge is 2.56. The Kier molecular flexibility index (Phi) is 9.10. The summed E-state index contributed by atoms with van der Waals surface area (Å²) in [4.78, 5) is 39.0. The molecule has 4 atom stereocenters. The standard InChI is InChI=1S/C29H38BNO7/c1-3-20-16-22-27(29(36)31(28(22)35)14-6-4-5-7-25(33)34)23-17-30(37)38-24(26(20)23)13-8-18(2)15-19-9-11-21(32)12-10-19/h9-12,15,22-24,27,32,37H,3-8,13-14,16-17H2,1-2H3,(H,33,34)/b18-15+/t22-,23+,24-,27-/m1/s1. The number of phenols is 1. The number of likely N-dealkylation sites (tertiary alicyclic amines) is 1. The number of allylic oxidation sites excluding steroid dienone is 2. The molecule has 9 heteroatoms. The quantitative estimate of drug-likeness (QED) is 0.170. The third-order valence-electron chi connectivity index (χ3n) is 8.21. The van der Waals surface area contributed by atoms with Crippen LogP contribution >= 0.6 is 0 Å². The van der Waals surface area contributed by atoms with E-state index in [2.05, 4.69) is 13.0 Å². The van der Waals surface area contributed by atoms with Gasteiger partial charge in [-0.15, -0.1) is 0 Å². The lowest BCUT2D eigenvalue weighted by Crippen LogP contribution is -2.46. The van der Waals surface area contributed by atoms with Crippen LogP contribution in [-0.4, -0.2) is 57.7 Å². The van der Waals surface area contributed by atoms with Gasteiger partial charge in [0.05, 0.1) is 17.9 Å². The molecule has 3 N–H and O–H groups in total. The number of carbonyl (C=O) groups is 3. The van der Waals surface area contributed by atoms with Crippen molar-refractivity contribution in [2.75, 3.05) is 6.54 Å². The minimum atomic E-state index is -0.986. The Labute approximate surface area is 224 Å². The fourth-order valence-electron chi connectivity index (χ4n) is 6.40. The highest BCUT2D eigenvalue weighted by atomic mass is 16.5. The summed E-state index contributed by atoms with van der Waals surface area (Å²) in [5, 5.41) is 29.0. The van der Waals surface area contributed by atoms with Crippen molar-refractivity contribution < 1.29 is 34.3 Å². The number of aliphatic carboxylic acids is 1. The molecule has 0 saturated carbocycles. The summed E-state index contributed by atoms with van der Waals surface area (Å²) in [6.45, 7) is 4.43. The van der Waals surface area contributed by atoms with E-state index in [-0.39, 0.29) is 36.0 Å². The molecule has 3 aliphatic rings. The van der Waals surface area contributed by atoms with Crippen LogP contribution in [-0.2, 0) is 19.0 Å². The molecule has 2 amide bonds. The Bertz CT molecular complexity index is 1110. The van der Waals surface area contributed by atoms with Crippen LogP contribution in [0.15, 0.2) is 41.0 Å². The highest BCUT2D eigenvalue weighted by molar-refractivity contribution is 6.43. The molecule has 1 aromatic rings. The van der Waals surface area contributed by atoms with Crippen LogP contribution in [0.4, 0.5) is 0 Å². The fourth-order valence-corrected chi connectivity index (χ4v) is 6.40. The van der Waals surface area contributed by atoms with E-state index in [1.165, 1.54) is 4.90 Å². The lowest BCUT2D eigenvalue weighted by molar-refractivity contribution is -0.141. The molecule has 1 aromatic carbocycles. The number of benzene rings is 1. The first kappa shape index (κ1) is 28.1. The number of aromatic hydroxyl groups is 1. The average Bonchev–Trinajstić information content (AvgIpc) is 3.12. The molecule has 8 nitrogen and oxygen atoms in total. The van der Waals surface area contributed by atoms with Gasteiger partial charge in [-0.25, -0.2) is 0 Å². The number of hydrogen-bond donors (Lipinski definition) is 3. The second kappa shape index (κ2) is 12.3. The summed E-state index contributed by atoms with van der Waals surface area (Å²) in [5.41, 5.74) is 4.40. The summed E-state index contributed by atoms with van der Waals surface area (Å²) >= 11 is 0. The number of phenolic OH excluding ortho intramolecular Hbond substituents is 1. The minimum Gasteiger partial charge on any atom is -0.508 e. The number of carboxylic acids is 1. The van der Waals surface area contributed by atoms with E-state index >= 15 is 0 Å². The van der Waals surface area contributed by atoms with E-state index < -0.39 is 24.9 Å². The topological polar surface area (TPSA) is 124 Å². The Morgan fingerprint density at radius 3 is 2.53 bits per heavy atom. The summed E-state index contributed by atoms with van der Waals surface area (Å²) in [5.74, 6) is -1.99. The molecule has 0 radical (unpaired) electrons. The number of rotatable bonds is 11. The Hall–Kier alpha value is -2.91. The molecule has 2 fully saturated rings. The molecular weight excluding hydrogens is 485 g/mol. The van der Waals surface area contributed by atoms with Crippen molar-refractivity contribution in [2.24, 2.45) is 17.8 Å². The van der Waals surface area contributed by atoms with Crippen molar-refractivity contribution in [3.63, 3.8) is 0 Å². The van der Waals surface area contributed by atoms with Gasteiger partial charge in [-0.1, -0.05) is 42.7 Å². The van der Waals surface area contributed by atoms with Gasteiger partial charge in [-0.3, -0.25) is 19.3 Å². The molecule has 1 aliphatic carbocycles. The lowest BCUT2D eigenvalue weighted by Gasteiger charge is -2.43. The zero-order valence-electron chi connectivity index (χ0n) is 22.3. The molecule has 0 bridgehead atoms. The molecule has 38 heavy (non-hydrogen) atoms. The molecule has 2 heterocycles. The minimum absolute atomic E-state index is 0.0885. The number of hydrogen-bond acceptors (Lipinski definition) is 6. The van der Waals surface area contributed by atoms with Crippen molar-refractivity contribution in [1.29, 1.82) is 0 Å². The van der Waals surface area contributed by atoms with Crippen LogP contribution in [0, 0.1) is 17.8 Å². The number of unbranched alkanes of at least 4 members (excludes halogenated alkanes) is 2. The zero-order chi connectivity index (χ0) is 27.4. The van der Waals surface area contributed by atoms with Crippen LogP contribution in [0.3, 0.4) is 0 Å². The SMILES string of the molecule is CCC1=C2[C@@H](CC/C(C)=C/c3ccc(O)cc3)OB(O)C[C@@H]2[C@@H]2C(=O)N(CCCCCC(=O)O)C(=O)[C@@H]2C1. The highest BCUT2D eigenvalue weighted by Crippen LogP contribution is 2.51. The summed E-state index contributed by atoms with van der Waals surface area (Å²) in [7, 11) is -0.986. The first-order valence-electron chi connectivity index (χ1n) is 13.8. The molecule has 204 valence electrons. The van der Waals surface area contributed by atoms with Gasteiger partial charge < -0.3 is 19.9 Å². The first-order valence-corrected chi connectivity index (χ1v) is 13.8. The van der Waals surface area contributed by atoms with Gasteiger partial charge in [0.15, 0.2) is 0 Å². The molecule has 0 spiro atoms. The molecule has 0 aromatic heterocycles. The number of amides is 2. The second-order valence-corrected chi connectivity index (χ2v) is 10.8. The van der Waals surface area contributed by atoms with Gasteiger partial charge in [0, 0.05) is 13.0 Å². The van der Waals surface area contributed by atoms with Crippen molar-refractivity contribution in [2.45, 2.75) is 77.6 Å². The van der Waals surface area contributed by atoms with Gasteiger partial charge in [0.1, 0.15) is 5.75 Å². The Morgan fingerprint density at radius 1 is 1.11 bits per heavy atom. The van der Waals surface area contributed by atoms with Crippen molar-refractivity contribution in [3.8, 4) is 5.75 Å². The van der Waals surface area contributed by atoms with Crippen LogP contribution in [0.5, 0.6) is 5.75 Å². The van der Waals surface area contributed by atoms with Gasteiger partial charge in [-0.05, 0) is 81.0 Å². The first-order chi connectivity index (χ1) is 18.2. The summed E-state index contributed by atoms with van der Waals surface area (Å²) in [6.07, 6.45) is 6.65. The largest absolute Gasteiger partial charge is 0.508 e. The number of nitrogens with zero attached hydrogens (tertiary/aromatic N) is 1. The fraction of sp³-hybridized carbons (Fsp3) is 0.552. The number of imide groups is 1. The smallest absolute Gasteiger partial charge is 0.455 e. The van der Waals surface area contributed by atoms with Crippen molar-refractivity contribution >= 4 is 31.0 Å². The van der Waals surface area contributed by atoms with Gasteiger partial charge in [-0.2, -0.15) is 0 Å². The zero-order valence-corrected chi connectivity index (χ0v) is 22.3. The number of carboxylic acid groups (broad SMARTS) is 1. The number of fused-ring (bicyclic) bond motifs is 3. The van der Waals surface area contributed by atoms with E-state index in [1.807, 2.05) is 19.1 Å². The Morgan fingerprint density at radius 2 is 1.84 bits per heavy atom. The van der Waals surface area contributed by atoms with Gasteiger partial charge in [0.25, 0.3) is 0 Å². The average molecular weight is 523 g/mol. The van der Waals surface area contributed by atoms with E-state index in [1.54, 1.807) is 12.1 Å². The Balaban J connectivity index is 1.47. The van der Waals surface area contributed by atoms with Crippen LogP contribution in [0.25, 0.3) is 6.08 Å². The van der Waals surface area contributed by atoms with Crippen molar-refractivity contribution in [1.82, 2.24) is 4.90 Å². The molecule has 2 aliphatic heterocycles. The monoisotopic (exact) mass is 523 g/mol. The predicted molar refractivity (Wildman–Crippen MR) is 144 cm³/mol. The van der Waals surface area contributed by atoms with Crippen LogP contribution in [0.2, 0.25) is 6.32 Å². The molecular formula is C29H38BNO7. The van der Waals surface area contributed by atoms with E-state index in [0.29, 0.717) is 45.0 Å². The normalized spacial score (nSPS) is 25.6. The van der Waals surface area contributed by atoms with E-state index in [0.717, 1.165) is 35.1 Å². The number of carbonyl (C=O) groups excluding carboxylic acids is 2. The molecule has 0 unspecified atom stereocenters. The maximum atomic E-state index is 13.5. The summed E-state index contributed by atoms with van der Waals surface area (Å²) < 4.78 is 6.03. The summed E-state index contributed by atoms with van der Waals surface area (Å²) in [6, 6.07) is 7.02. The van der Waals surface area contributed by atoms with Crippen LogP contribution in [0.1, 0.15) is 70.8 Å². The van der Waals surface area contributed by atoms with Crippen molar-refractivity contribution in [3.05, 3.63) is 46.5 Å². The lowest BCUT2D eigenvalue weighted by atomic mass is 9.58. The van der Waals surface area contributed by atoms with Gasteiger partial charge in [0.2, 0.25) is 11.8 Å². The predicted octanol–water partition coefficient (Wildman–Crippen LogP) is 4.43.